The monoisotopic (exact) mass is 208 g/mol. The van der Waals surface area contributed by atoms with Crippen molar-refractivity contribution in [3.8, 4) is 0 Å². The molecule has 2 heterocycles. The van der Waals surface area contributed by atoms with Crippen LogP contribution in [0.3, 0.4) is 0 Å². The molecule has 0 amide bonds. The zero-order chi connectivity index (χ0) is 10.5. The van der Waals surface area contributed by atoms with Crippen molar-refractivity contribution in [1.82, 2.24) is 9.80 Å². The fraction of sp³-hybridized carbons (Fsp3) is 1.00. The van der Waals surface area contributed by atoms with E-state index >= 15 is 0 Å². The van der Waals surface area contributed by atoms with Crippen LogP contribution in [0.1, 0.15) is 25.7 Å². The average Bonchev–Trinajstić information content (AvgIpc) is 2.65. The summed E-state index contributed by atoms with van der Waals surface area (Å²) in [6.45, 7) is 5.44. The Balaban J connectivity index is 1.66. The third-order valence-corrected chi connectivity index (χ3v) is 5.20. The number of hydrogen-bond donors (Lipinski definition) is 0. The lowest BCUT2D eigenvalue weighted by Crippen LogP contribution is -2.37. The number of fused-ring (bicyclic) bond motifs is 1. The molecule has 1 saturated carbocycles. The van der Waals surface area contributed by atoms with Crippen LogP contribution >= 0.6 is 0 Å². The van der Waals surface area contributed by atoms with Crippen LogP contribution in [0.15, 0.2) is 0 Å². The predicted molar refractivity (Wildman–Crippen MR) is 62.9 cm³/mol. The van der Waals surface area contributed by atoms with E-state index in [1.807, 2.05) is 0 Å². The first-order valence-corrected chi connectivity index (χ1v) is 6.54. The number of rotatable bonds is 0. The lowest BCUT2D eigenvalue weighted by Gasteiger charge is -2.38. The van der Waals surface area contributed by atoms with Crippen molar-refractivity contribution < 1.29 is 0 Å². The fourth-order valence-electron chi connectivity index (χ4n) is 4.33. The van der Waals surface area contributed by atoms with Crippen molar-refractivity contribution in [3.05, 3.63) is 0 Å². The summed E-state index contributed by atoms with van der Waals surface area (Å²) >= 11 is 0. The SMILES string of the molecule is CN1CCC2(CC1)CC1CN(C)CC1C2. The standard InChI is InChI=1S/C13H24N2/c1-14-5-3-13(4-6-14)7-11-9-15(2)10-12(11)8-13/h11-12H,3-10H2,1-2H3. The molecule has 2 heteroatoms. The van der Waals surface area contributed by atoms with Gasteiger partial charge in [0.2, 0.25) is 0 Å². The molecule has 2 atom stereocenters. The van der Waals surface area contributed by atoms with Crippen molar-refractivity contribution in [2.24, 2.45) is 17.3 Å². The maximum atomic E-state index is 2.54. The van der Waals surface area contributed by atoms with Crippen molar-refractivity contribution in [2.45, 2.75) is 25.7 Å². The minimum atomic E-state index is 0.767. The van der Waals surface area contributed by atoms with Gasteiger partial charge in [-0.3, -0.25) is 0 Å². The number of nitrogens with zero attached hydrogens (tertiary/aromatic N) is 2. The summed E-state index contributed by atoms with van der Waals surface area (Å²) in [7, 11) is 4.57. The van der Waals surface area contributed by atoms with E-state index in [-0.39, 0.29) is 0 Å². The minimum absolute atomic E-state index is 0.767. The van der Waals surface area contributed by atoms with Gasteiger partial charge in [-0.05, 0) is 70.1 Å². The molecule has 3 rings (SSSR count). The molecule has 3 fully saturated rings. The molecule has 0 bridgehead atoms. The van der Waals surface area contributed by atoms with Crippen LogP contribution in [-0.2, 0) is 0 Å². The Hall–Kier alpha value is -0.0800. The fourth-order valence-corrected chi connectivity index (χ4v) is 4.33. The van der Waals surface area contributed by atoms with Crippen molar-refractivity contribution in [3.63, 3.8) is 0 Å². The normalized spacial score (nSPS) is 41.2. The summed E-state index contributed by atoms with van der Waals surface area (Å²) < 4.78 is 0. The van der Waals surface area contributed by atoms with E-state index in [1.165, 1.54) is 51.9 Å². The van der Waals surface area contributed by atoms with Gasteiger partial charge in [-0.1, -0.05) is 0 Å². The second-order valence-corrected chi connectivity index (χ2v) is 6.45. The summed E-state index contributed by atoms with van der Waals surface area (Å²) in [5, 5.41) is 0. The lowest BCUT2D eigenvalue weighted by atomic mass is 9.76. The Labute approximate surface area is 93.6 Å². The molecule has 86 valence electrons. The van der Waals surface area contributed by atoms with E-state index in [0.717, 1.165) is 17.3 Å². The molecule has 2 unspecified atom stereocenters. The Bertz CT molecular complexity index is 227. The molecule has 15 heavy (non-hydrogen) atoms. The topological polar surface area (TPSA) is 6.48 Å². The van der Waals surface area contributed by atoms with Gasteiger partial charge in [-0.2, -0.15) is 0 Å². The molecule has 0 aromatic carbocycles. The van der Waals surface area contributed by atoms with Gasteiger partial charge in [0.15, 0.2) is 0 Å². The van der Waals surface area contributed by atoms with Crippen LogP contribution in [0.4, 0.5) is 0 Å². The maximum absolute atomic E-state index is 2.54. The van der Waals surface area contributed by atoms with Crippen LogP contribution in [0, 0.1) is 17.3 Å². The third-order valence-electron chi connectivity index (χ3n) is 5.20. The van der Waals surface area contributed by atoms with Crippen LogP contribution in [-0.4, -0.2) is 50.1 Å². The highest BCUT2D eigenvalue weighted by Crippen LogP contribution is 2.53. The van der Waals surface area contributed by atoms with E-state index in [4.69, 9.17) is 0 Å². The molecule has 2 aliphatic heterocycles. The Morgan fingerprint density at radius 1 is 0.867 bits per heavy atom. The Kier molecular flexibility index (Phi) is 2.33. The third kappa shape index (κ3) is 1.72. The molecule has 0 radical (unpaired) electrons. The molecular weight excluding hydrogens is 184 g/mol. The highest BCUT2D eigenvalue weighted by molar-refractivity contribution is 5.00. The van der Waals surface area contributed by atoms with Crippen LogP contribution < -0.4 is 0 Å². The average molecular weight is 208 g/mol. The van der Waals surface area contributed by atoms with E-state index in [9.17, 15) is 0 Å². The van der Waals surface area contributed by atoms with Crippen molar-refractivity contribution in [1.29, 1.82) is 0 Å². The molecular formula is C13H24N2. The predicted octanol–water partition coefficient (Wildman–Crippen LogP) is 1.67. The molecule has 3 aliphatic rings. The zero-order valence-electron chi connectivity index (χ0n) is 10.2. The molecule has 2 saturated heterocycles. The number of hydrogen-bond acceptors (Lipinski definition) is 2. The van der Waals surface area contributed by atoms with Crippen LogP contribution in [0.5, 0.6) is 0 Å². The Morgan fingerprint density at radius 2 is 1.40 bits per heavy atom. The van der Waals surface area contributed by atoms with Gasteiger partial charge in [0.25, 0.3) is 0 Å². The zero-order valence-corrected chi connectivity index (χ0v) is 10.2. The highest BCUT2D eigenvalue weighted by Gasteiger charge is 2.48. The van der Waals surface area contributed by atoms with E-state index in [1.54, 1.807) is 0 Å². The molecule has 0 aromatic heterocycles. The lowest BCUT2D eigenvalue weighted by molar-refractivity contribution is 0.114. The summed E-state index contributed by atoms with van der Waals surface area (Å²) in [5.41, 5.74) is 0.767. The van der Waals surface area contributed by atoms with Gasteiger partial charge in [0.05, 0.1) is 0 Å². The summed E-state index contributed by atoms with van der Waals surface area (Å²) in [6, 6.07) is 0. The van der Waals surface area contributed by atoms with E-state index in [0.29, 0.717) is 0 Å². The minimum Gasteiger partial charge on any atom is -0.306 e. The van der Waals surface area contributed by atoms with E-state index in [2.05, 4.69) is 23.9 Å². The van der Waals surface area contributed by atoms with Gasteiger partial charge in [0.1, 0.15) is 0 Å². The second-order valence-electron chi connectivity index (χ2n) is 6.45. The largest absolute Gasteiger partial charge is 0.306 e. The van der Waals surface area contributed by atoms with Crippen molar-refractivity contribution >= 4 is 0 Å². The summed E-state index contributed by atoms with van der Waals surface area (Å²) in [6.07, 6.45) is 6.02. The second kappa shape index (κ2) is 3.46. The van der Waals surface area contributed by atoms with Gasteiger partial charge >= 0.3 is 0 Å². The van der Waals surface area contributed by atoms with Gasteiger partial charge in [-0.15, -0.1) is 0 Å². The van der Waals surface area contributed by atoms with E-state index < -0.39 is 0 Å². The maximum Gasteiger partial charge on any atom is 0.00101 e. The highest BCUT2D eigenvalue weighted by atomic mass is 15.1. The first kappa shape index (κ1) is 10.1. The Morgan fingerprint density at radius 3 is 1.93 bits per heavy atom. The quantitative estimate of drug-likeness (QED) is 0.597. The first-order valence-electron chi connectivity index (χ1n) is 6.54. The van der Waals surface area contributed by atoms with Gasteiger partial charge < -0.3 is 9.80 Å². The van der Waals surface area contributed by atoms with Gasteiger partial charge in [-0.25, -0.2) is 0 Å². The van der Waals surface area contributed by atoms with Crippen LogP contribution in [0.25, 0.3) is 0 Å². The number of piperidine rings is 1. The summed E-state index contributed by atoms with van der Waals surface area (Å²) in [4.78, 5) is 5.04. The number of likely N-dealkylation sites (tertiary alicyclic amines) is 2. The van der Waals surface area contributed by atoms with Crippen LogP contribution in [0.2, 0.25) is 0 Å². The van der Waals surface area contributed by atoms with Crippen molar-refractivity contribution in [2.75, 3.05) is 40.3 Å². The molecule has 1 spiro atoms. The first-order chi connectivity index (χ1) is 7.17. The molecule has 2 nitrogen and oxygen atoms in total. The molecule has 0 N–H and O–H groups in total. The summed E-state index contributed by atoms with van der Waals surface area (Å²) in [5.74, 6) is 2.08. The van der Waals surface area contributed by atoms with Gasteiger partial charge in [0, 0.05) is 13.1 Å². The molecule has 0 aromatic rings. The molecule has 1 aliphatic carbocycles. The smallest absolute Gasteiger partial charge is 0.00101 e.